The largest absolute Gasteiger partial charge is 0.486 e. The number of carbonyl (C=O) groups excluding carboxylic acids is 4. The van der Waals surface area contributed by atoms with Crippen molar-refractivity contribution in [1.82, 2.24) is 14.7 Å². The third-order valence-electron chi connectivity index (χ3n) is 5.79. The second-order valence-electron chi connectivity index (χ2n) is 7.72. The molecule has 9 heteroatoms. The van der Waals surface area contributed by atoms with Crippen molar-refractivity contribution in [2.45, 2.75) is 44.8 Å². The van der Waals surface area contributed by atoms with Gasteiger partial charge in [-0.15, -0.1) is 0 Å². The molecule has 1 aromatic carbocycles. The van der Waals surface area contributed by atoms with E-state index in [2.05, 4.69) is 0 Å². The van der Waals surface area contributed by atoms with Crippen LogP contribution in [-0.4, -0.2) is 76.8 Å². The van der Waals surface area contributed by atoms with Gasteiger partial charge in [-0.1, -0.05) is 25.0 Å². The molecular weight excluding hydrogens is 390 g/mol. The summed E-state index contributed by atoms with van der Waals surface area (Å²) in [7, 11) is 0. The number of para-hydroxylation sites is 2. The van der Waals surface area contributed by atoms with Crippen LogP contribution in [0.1, 0.15) is 32.6 Å². The van der Waals surface area contributed by atoms with Gasteiger partial charge in [0.25, 0.3) is 0 Å². The van der Waals surface area contributed by atoms with Gasteiger partial charge in [-0.3, -0.25) is 19.3 Å². The first kappa shape index (κ1) is 20.2. The van der Waals surface area contributed by atoms with Gasteiger partial charge in [0.05, 0.1) is 6.54 Å². The van der Waals surface area contributed by atoms with Crippen molar-refractivity contribution < 1.29 is 28.7 Å². The highest BCUT2D eigenvalue weighted by molar-refractivity contribution is 6.45. The Labute approximate surface area is 174 Å². The summed E-state index contributed by atoms with van der Waals surface area (Å²) in [4.78, 5) is 53.5. The van der Waals surface area contributed by atoms with E-state index in [1.54, 1.807) is 13.0 Å². The Kier molecular flexibility index (Phi) is 5.61. The Hall–Kier alpha value is -3.10. The quantitative estimate of drug-likeness (QED) is 0.515. The molecule has 30 heavy (non-hydrogen) atoms. The molecule has 0 unspecified atom stereocenters. The Balaban J connectivity index is 1.39. The second-order valence-corrected chi connectivity index (χ2v) is 7.72. The molecular formula is C21H25N3O6. The standard InChI is InChI=1S/C21H25N3O6/c1-2-22(11-15-13-29-16-9-5-6-10-17(16)30-15)18(25)12-23-19(26)20(27)24(21(23)28)14-7-3-4-8-14/h5-6,9-10,14-15H,2-4,7-8,11-13H2,1H3/t15-/m1/s1. The van der Waals surface area contributed by atoms with E-state index in [9.17, 15) is 19.2 Å². The van der Waals surface area contributed by atoms with Crippen LogP contribution >= 0.6 is 0 Å². The summed E-state index contributed by atoms with van der Waals surface area (Å²) in [6, 6.07) is 6.36. The fourth-order valence-electron chi connectivity index (χ4n) is 4.19. The lowest BCUT2D eigenvalue weighted by Crippen LogP contribution is -2.48. The molecule has 1 aliphatic carbocycles. The third kappa shape index (κ3) is 3.71. The number of likely N-dealkylation sites (N-methyl/N-ethyl adjacent to an activating group) is 1. The molecule has 0 spiro atoms. The first-order valence-electron chi connectivity index (χ1n) is 10.3. The van der Waals surface area contributed by atoms with Crippen LogP contribution in [-0.2, 0) is 14.4 Å². The number of urea groups is 1. The van der Waals surface area contributed by atoms with Crippen molar-refractivity contribution in [3.8, 4) is 11.5 Å². The lowest BCUT2D eigenvalue weighted by molar-refractivity contribution is -0.145. The zero-order chi connectivity index (χ0) is 21.3. The zero-order valence-electron chi connectivity index (χ0n) is 16.9. The lowest BCUT2D eigenvalue weighted by atomic mass is 10.2. The predicted octanol–water partition coefficient (Wildman–Crippen LogP) is 1.41. The number of carbonyl (C=O) groups is 4. The van der Waals surface area contributed by atoms with Crippen LogP contribution in [0.2, 0.25) is 0 Å². The molecule has 1 saturated heterocycles. The first-order valence-corrected chi connectivity index (χ1v) is 10.3. The van der Waals surface area contributed by atoms with Gasteiger partial charge in [0.2, 0.25) is 5.91 Å². The number of ether oxygens (including phenoxy) is 2. The zero-order valence-corrected chi connectivity index (χ0v) is 16.9. The number of nitrogens with zero attached hydrogens (tertiary/aromatic N) is 3. The molecule has 5 amide bonds. The molecule has 2 fully saturated rings. The summed E-state index contributed by atoms with van der Waals surface area (Å²) in [6.07, 6.45) is 2.88. The smallest absolute Gasteiger partial charge is 0.334 e. The van der Waals surface area contributed by atoms with Gasteiger partial charge in [-0.2, -0.15) is 0 Å². The maximum Gasteiger partial charge on any atom is 0.334 e. The molecule has 0 N–H and O–H groups in total. The highest BCUT2D eigenvalue weighted by Gasteiger charge is 2.48. The number of rotatable bonds is 6. The Morgan fingerprint density at radius 1 is 1.10 bits per heavy atom. The Morgan fingerprint density at radius 3 is 2.50 bits per heavy atom. The fraction of sp³-hybridized carbons (Fsp3) is 0.524. The SMILES string of the molecule is CCN(C[C@@H]1COc2ccccc2O1)C(=O)CN1C(=O)C(=O)N(C2CCCC2)C1=O. The van der Waals surface area contributed by atoms with Gasteiger partial charge in [0, 0.05) is 12.6 Å². The summed E-state index contributed by atoms with van der Waals surface area (Å²) < 4.78 is 11.6. The van der Waals surface area contributed by atoms with Crippen LogP contribution in [0, 0.1) is 0 Å². The van der Waals surface area contributed by atoms with Gasteiger partial charge < -0.3 is 14.4 Å². The fourth-order valence-corrected chi connectivity index (χ4v) is 4.19. The van der Waals surface area contributed by atoms with E-state index in [-0.39, 0.29) is 25.3 Å². The minimum atomic E-state index is -0.928. The topological polar surface area (TPSA) is 96.5 Å². The van der Waals surface area contributed by atoms with Gasteiger partial charge in [0.15, 0.2) is 17.6 Å². The van der Waals surface area contributed by atoms with Crippen molar-refractivity contribution >= 4 is 23.8 Å². The van der Waals surface area contributed by atoms with Crippen LogP contribution in [0.15, 0.2) is 24.3 Å². The maximum absolute atomic E-state index is 12.8. The molecule has 9 nitrogen and oxygen atoms in total. The van der Waals surface area contributed by atoms with Crippen molar-refractivity contribution in [2.75, 3.05) is 26.2 Å². The van der Waals surface area contributed by atoms with Crippen LogP contribution < -0.4 is 9.47 Å². The van der Waals surface area contributed by atoms with Crippen molar-refractivity contribution in [3.05, 3.63) is 24.3 Å². The summed E-state index contributed by atoms with van der Waals surface area (Å²) in [5, 5.41) is 0. The molecule has 2 aliphatic heterocycles. The number of imide groups is 2. The lowest BCUT2D eigenvalue weighted by Gasteiger charge is -2.31. The number of benzene rings is 1. The molecule has 2 heterocycles. The van der Waals surface area contributed by atoms with Gasteiger partial charge in [0.1, 0.15) is 13.2 Å². The van der Waals surface area contributed by atoms with Crippen LogP contribution in [0.5, 0.6) is 11.5 Å². The second kappa shape index (κ2) is 8.33. The summed E-state index contributed by atoms with van der Waals surface area (Å²) >= 11 is 0. The number of hydrogen-bond donors (Lipinski definition) is 0. The van der Waals surface area contributed by atoms with E-state index in [0.717, 1.165) is 22.6 Å². The highest BCUT2D eigenvalue weighted by atomic mass is 16.6. The van der Waals surface area contributed by atoms with Crippen molar-refractivity contribution in [3.63, 3.8) is 0 Å². The van der Waals surface area contributed by atoms with E-state index in [4.69, 9.17) is 9.47 Å². The third-order valence-corrected chi connectivity index (χ3v) is 5.79. The summed E-state index contributed by atoms with van der Waals surface area (Å²) in [5.41, 5.74) is 0. The Bertz CT molecular complexity index is 866. The molecule has 3 aliphatic rings. The monoisotopic (exact) mass is 415 g/mol. The molecule has 1 atom stereocenters. The minimum absolute atomic E-state index is 0.246. The van der Waals surface area contributed by atoms with Crippen molar-refractivity contribution in [1.29, 1.82) is 0 Å². The van der Waals surface area contributed by atoms with Crippen molar-refractivity contribution in [2.24, 2.45) is 0 Å². The molecule has 4 rings (SSSR count). The van der Waals surface area contributed by atoms with Gasteiger partial charge in [-0.05, 0) is 31.9 Å². The molecule has 1 aromatic rings. The van der Waals surface area contributed by atoms with E-state index in [1.807, 2.05) is 18.2 Å². The molecule has 160 valence electrons. The average molecular weight is 415 g/mol. The predicted molar refractivity (Wildman–Crippen MR) is 105 cm³/mol. The van der Waals surface area contributed by atoms with Gasteiger partial charge >= 0.3 is 17.8 Å². The van der Waals surface area contributed by atoms with E-state index >= 15 is 0 Å². The summed E-state index contributed by atoms with van der Waals surface area (Å²) in [6.45, 7) is 2.26. The molecule has 1 saturated carbocycles. The van der Waals surface area contributed by atoms with Crippen LogP contribution in [0.4, 0.5) is 4.79 Å². The van der Waals surface area contributed by atoms with Crippen LogP contribution in [0.3, 0.4) is 0 Å². The first-order chi connectivity index (χ1) is 14.5. The number of amides is 5. The Morgan fingerprint density at radius 2 is 1.80 bits per heavy atom. The highest BCUT2D eigenvalue weighted by Crippen LogP contribution is 2.31. The van der Waals surface area contributed by atoms with E-state index in [1.165, 1.54) is 4.90 Å². The molecule has 0 radical (unpaired) electrons. The van der Waals surface area contributed by atoms with Crippen LogP contribution in [0.25, 0.3) is 0 Å². The normalized spacial score (nSPS) is 21.5. The summed E-state index contributed by atoms with van der Waals surface area (Å²) in [5.74, 6) is -0.907. The molecule has 0 aromatic heterocycles. The maximum atomic E-state index is 12.8. The number of hydrogen-bond acceptors (Lipinski definition) is 6. The average Bonchev–Trinajstić information content (AvgIpc) is 3.35. The minimum Gasteiger partial charge on any atom is -0.486 e. The van der Waals surface area contributed by atoms with E-state index in [0.29, 0.717) is 30.9 Å². The number of fused-ring (bicyclic) bond motifs is 1. The van der Waals surface area contributed by atoms with Gasteiger partial charge in [-0.25, -0.2) is 9.69 Å². The molecule has 0 bridgehead atoms. The van der Waals surface area contributed by atoms with E-state index < -0.39 is 30.3 Å².